The van der Waals surface area contributed by atoms with Crippen LogP contribution in [-0.2, 0) is 23.8 Å². The minimum absolute atomic E-state index is 0.115. The second-order valence-electron chi connectivity index (χ2n) is 22.6. The first-order chi connectivity index (χ1) is 39.7. The van der Waals surface area contributed by atoms with E-state index in [1.54, 1.807) is 6.08 Å². The molecule has 1 heterocycles. The Kier molecular flexibility index (Phi) is 53.2. The van der Waals surface area contributed by atoms with Crippen LogP contribution in [0.4, 0.5) is 0 Å². The number of aliphatic hydroxyl groups excluding tert-OH is 5. The number of allylic oxidation sites excluding steroid dienone is 15. The number of amides is 1. The third kappa shape index (κ3) is 44.7. The summed E-state index contributed by atoms with van der Waals surface area (Å²) in [7, 11) is 0. The van der Waals surface area contributed by atoms with Crippen LogP contribution in [0.25, 0.3) is 0 Å². The average Bonchev–Trinajstić information content (AvgIpc) is 3.50. The summed E-state index contributed by atoms with van der Waals surface area (Å²) in [5.74, 6) is -1.24. The van der Waals surface area contributed by atoms with Crippen molar-refractivity contribution in [3.63, 3.8) is 0 Å². The SMILES string of the molecule is CC\C=C/C=C/C=C/C=C\C=C\C=C\CCCCC(O)C(=O)NC(COC1OC(CO)C(O)C(O)C1OC(=O)CCCCCCCCCCCCCCCCC/C=C/CCCCCCCC)C(O)/C=C/CCCCCCCCCCC. The first kappa shape index (κ1) is 75.6. The molecule has 1 fully saturated rings. The molecule has 0 radical (unpaired) electrons. The number of esters is 1. The normalized spacial score (nSPS) is 19.3. The van der Waals surface area contributed by atoms with Gasteiger partial charge in [0.25, 0.3) is 0 Å². The third-order valence-electron chi connectivity index (χ3n) is 15.1. The molecule has 0 spiro atoms. The molecule has 6 N–H and O–H groups in total. The van der Waals surface area contributed by atoms with Crippen LogP contribution >= 0.6 is 0 Å². The predicted octanol–water partition coefficient (Wildman–Crippen LogP) is 16.3. The summed E-state index contributed by atoms with van der Waals surface area (Å²) in [6, 6.07) is -1.05. The second kappa shape index (κ2) is 57.0. The van der Waals surface area contributed by atoms with Crippen molar-refractivity contribution in [3.05, 3.63) is 97.2 Å². The zero-order valence-corrected chi connectivity index (χ0v) is 51.6. The summed E-state index contributed by atoms with van der Waals surface area (Å²) >= 11 is 0. The van der Waals surface area contributed by atoms with E-state index >= 15 is 0 Å². The maximum absolute atomic E-state index is 13.4. The second-order valence-corrected chi connectivity index (χ2v) is 22.6. The van der Waals surface area contributed by atoms with E-state index in [0.29, 0.717) is 12.8 Å². The van der Waals surface area contributed by atoms with E-state index in [9.17, 15) is 35.1 Å². The van der Waals surface area contributed by atoms with Gasteiger partial charge in [-0.15, -0.1) is 0 Å². The van der Waals surface area contributed by atoms with Crippen molar-refractivity contribution in [2.75, 3.05) is 13.2 Å². The molecule has 81 heavy (non-hydrogen) atoms. The number of rotatable bonds is 55. The maximum Gasteiger partial charge on any atom is 0.306 e. The van der Waals surface area contributed by atoms with Gasteiger partial charge in [0.1, 0.15) is 24.4 Å². The number of carbonyl (C=O) groups excluding carboxylic acids is 2. The minimum Gasteiger partial charge on any atom is -0.454 e. The lowest BCUT2D eigenvalue weighted by Gasteiger charge is -2.41. The smallest absolute Gasteiger partial charge is 0.306 e. The average molecular weight is 1140 g/mol. The lowest BCUT2D eigenvalue weighted by atomic mass is 9.99. The van der Waals surface area contributed by atoms with Gasteiger partial charge in [0, 0.05) is 6.42 Å². The molecule has 8 unspecified atom stereocenters. The van der Waals surface area contributed by atoms with Crippen LogP contribution in [0.3, 0.4) is 0 Å². The van der Waals surface area contributed by atoms with E-state index in [1.807, 2.05) is 72.9 Å². The van der Waals surface area contributed by atoms with Gasteiger partial charge >= 0.3 is 5.97 Å². The Morgan fingerprint density at radius 1 is 0.494 bits per heavy atom. The standard InChI is InChI=1S/C70H121NO10/c1-4-7-10-13-16-19-22-24-26-28-29-30-31-32-33-34-35-36-38-40-43-46-49-52-55-58-65(75)81-68-67(77)66(76)64(59-72)80-70(68)79-60-61(62(73)56-53-50-47-44-41-21-18-15-12-9-6-3)71-69(78)63(74)57-54-51-48-45-42-39-37-27-25-23-20-17-14-11-8-5-2/h8,11,14,17,20,23-27,37,39,42,45,53,56,61-64,66-68,70,72-74,76-77H,4-7,9-10,12-13,15-16,18-19,21-22,28-36,38,40-41,43-44,46-52,54-55,57-60H2,1-3H3,(H,71,78)/b11-8-,17-14+,23-20+,26-24+,27-25-,39-37+,45-42+,56-53+. The molecule has 1 aliphatic rings. The molecule has 0 aromatic heterocycles. The van der Waals surface area contributed by atoms with Gasteiger partial charge in [-0.1, -0.05) is 291 Å². The highest BCUT2D eigenvalue weighted by atomic mass is 16.7. The number of hydrogen-bond acceptors (Lipinski definition) is 10. The van der Waals surface area contributed by atoms with Crippen LogP contribution in [-0.4, -0.2) is 99.6 Å². The molecule has 11 heteroatoms. The molecule has 0 aromatic rings. The van der Waals surface area contributed by atoms with Crippen LogP contribution in [0.15, 0.2) is 97.2 Å². The zero-order chi connectivity index (χ0) is 58.9. The van der Waals surface area contributed by atoms with Gasteiger partial charge in [0.15, 0.2) is 12.4 Å². The monoisotopic (exact) mass is 1140 g/mol. The van der Waals surface area contributed by atoms with Crippen LogP contribution in [0.1, 0.15) is 271 Å². The summed E-state index contributed by atoms with van der Waals surface area (Å²) in [6.07, 6.45) is 66.0. The van der Waals surface area contributed by atoms with Gasteiger partial charge in [-0.3, -0.25) is 9.59 Å². The van der Waals surface area contributed by atoms with Crippen molar-refractivity contribution < 1.29 is 49.3 Å². The first-order valence-electron chi connectivity index (χ1n) is 33.1. The fourth-order valence-corrected chi connectivity index (χ4v) is 9.91. The summed E-state index contributed by atoms with van der Waals surface area (Å²) < 4.78 is 17.6. The highest BCUT2D eigenvalue weighted by Gasteiger charge is 2.47. The molecular weight excluding hydrogens is 1010 g/mol. The molecule has 0 aromatic carbocycles. The maximum atomic E-state index is 13.4. The number of aliphatic hydroxyl groups is 5. The number of carbonyl (C=O) groups is 2. The minimum atomic E-state index is -1.63. The summed E-state index contributed by atoms with van der Waals surface area (Å²) in [6.45, 7) is 5.61. The van der Waals surface area contributed by atoms with Crippen molar-refractivity contribution >= 4 is 11.9 Å². The Hall–Kier alpha value is -3.42. The molecule has 0 bridgehead atoms. The van der Waals surface area contributed by atoms with Gasteiger partial charge in [-0.05, 0) is 70.6 Å². The quantitative estimate of drug-likeness (QED) is 0.0149. The highest BCUT2D eigenvalue weighted by molar-refractivity contribution is 5.80. The van der Waals surface area contributed by atoms with Gasteiger partial charge < -0.3 is 45.1 Å². The third-order valence-corrected chi connectivity index (χ3v) is 15.1. The lowest BCUT2D eigenvalue weighted by molar-refractivity contribution is -0.305. The van der Waals surface area contributed by atoms with E-state index in [-0.39, 0.29) is 19.4 Å². The van der Waals surface area contributed by atoms with Crippen molar-refractivity contribution in [1.82, 2.24) is 5.32 Å². The molecule has 466 valence electrons. The van der Waals surface area contributed by atoms with Crippen molar-refractivity contribution in [2.45, 2.75) is 320 Å². The predicted molar refractivity (Wildman–Crippen MR) is 338 cm³/mol. The summed E-state index contributed by atoms with van der Waals surface area (Å²) in [4.78, 5) is 26.6. The Morgan fingerprint density at radius 3 is 1.37 bits per heavy atom. The number of ether oxygens (including phenoxy) is 3. The Morgan fingerprint density at radius 2 is 0.901 bits per heavy atom. The van der Waals surface area contributed by atoms with Crippen LogP contribution in [0.5, 0.6) is 0 Å². The molecule has 0 saturated carbocycles. The molecule has 8 atom stereocenters. The van der Waals surface area contributed by atoms with E-state index in [1.165, 1.54) is 161 Å². The summed E-state index contributed by atoms with van der Waals surface area (Å²) in [5, 5.41) is 57.0. The van der Waals surface area contributed by atoms with Gasteiger partial charge in [0.2, 0.25) is 5.91 Å². The highest BCUT2D eigenvalue weighted by Crippen LogP contribution is 2.26. The van der Waals surface area contributed by atoms with Crippen LogP contribution in [0.2, 0.25) is 0 Å². The molecular formula is C70H121NO10. The van der Waals surface area contributed by atoms with Gasteiger partial charge in [-0.25, -0.2) is 0 Å². The van der Waals surface area contributed by atoms with Crippen molar-refractivity contribution in [2.24, 2.45) is 0 Å². The van der Waals surface area contributed by atoms with E-state index < -0.39 is 67.4 Å². The van der Waals surface area contributed by atoms with Crippen molar-refractivity contribution in [1.29, 1.82) is 0 Å². The molecule has 11 nitrogen and oxygen atoms in total. The summed E-state index contributed by atoms with van der Waals surface area (Å²) in [5.41, 5.74) is 0. The number of nitrogens with one attached hydrogen (secondary N) is 1. The van der Waals surface area contributed by atoms with E-state index in [4.69, 9.17) is 14.2 Å². The fourth-order valence-electron chi connectivity index (χ4n) is 9.91. The van der Waals surface area contributed by atoms with Gasteiger partial charge in [0.05, 0.1) is 25.4 Å². The fraction of sp³-hybridized carbons (Fsp3) is 0.743. The topological polar surface area (TPSA) is 175 Å². The molecule has 1 rings (SSSR count). The molecule has 1 aliphatic heterocycles. The Bertz CT molecular complexity index is 1690. The molecule has 1 saturated heterocycles. The lowest BCUT2D eigenvalue weighted by Crippen LogP contribution is -2.61. The number of hydrogen-bond donors (Lipinski definition) is 6. The van der Waals surface area contributed by atoms with Crippen LogP contribution in [0, 0.1) is 0 Å². The molecule has 1 amide bonds. The van der Waals surface area contributed by atoms with E-state index in [0.717, 1.165) is 64.2 Å². The van der Waals surface area contributed by atoms with E-state index in [2.05, 4.69) is 44.3 Å². The van der Waals surface area contributed by atoms with Crippen molar-refractivity contribution in [3.8, 4) is 0 Å². The zero-order valence-electron chi connectivity index (χ0n) is 51.6. The number of unbranched alkanes of at least 4 members (excludes halogenated alkanes) is 32. The van der Waals surface area contributed by atoms with Gasteiger partial charge in [-0.2, -0.15) is 0 Å². The largest absolute Gasteiger partial charge is 0.454 e. The van der Waals surface area contributed by atoms with Crippen LogP contribution < -0.4 is 5.32 Å². The molecule has 0 aliphatic carbocycles. The Balaban J connectivity index is 2.60. The first-order valence-corrected chi connectivity index (χ1v) is 33.1. The Labute approximate surface area is 495 Å².